The molecular formula is C21H16N5O2S. The van der Waals surface area contributed by atoms with E-state index in [4.69, 9.17) is 0 Å². The maximum absolute atomic E-state index is 13.4. The lowest BCUT2D eigenvalue weighted by atomic mass is 10.1. The highest BCUT2D eigenvalue weighted by Crippen LogP contribution is 2.34. The number of rotatable bonds is 4. The molecule has 0 amide bonds. The van der Waals surface area contributed by atoms with E-state index in [1.165, 1.54) is 3.97 Å². The Balaban J connectivity index is 1.82. The average molecular weight is 402 g/mol. The van der Waals surface area contributed by atoms with Crippen LogP contribution in [0.4, 0.5) is 0 Å². The summed E-state index contributed by atoms with van der Waals surface area (Å²) in [5.41, 5.74) is 3.46. The molecule has 0 bridgehead atoms. The number of nitrogens with zero attached hydrogens (tertiary/aromatic N) is 5. The van der Waals surface area contributed by atoms with Crippen LogP contribution in [0.5, 0.6) is 0 Å². The number of hydrogen-bond acceptors (Lipinski definition) is 5. The van der Waals surface area contributed by atoms with E-state index < -0.39 is 10.0 Å². The second-order valence-electron chi connectivity index (χ2n) is 6.52. The minimum absolute atomic E-state index is 0.208. The lowest BCUT2D eigenvalue weighted by Crippen LogP contribution is -2.15. The molecule has 0 saturated heterocycles. The summed E-state index contributed by atoms with van der Waals surface area (Å²) >= 11 is 0. The van der Waals surface area contributed by atoms with Crippen molar-refractivity contribution in [1.82, 2.24) is 23.8 Å². The minimum atomic E-state index is -3.81. The summed E-state index contributed by atoms with van der Waals surface area (Å²) in [6.45, 7) is 3.92. The molecular weight excluding hydrogens is 386 g/mol. The molecule has 0 aliphatic rings. The summed E-state index contributed by atoms with van der Waals surface area (Å²) in [7, 11) is -3.81. The number of pyridine rings is 1. The Hall–Kier alpha value is -3.52. The SMILES string of the molecule is [CH2]Cc1cc2c(-c3cnn4ncccc34)ccnc2n1S(=O)(=O)c1ccccc1. The molecule has 29 heavy (non-hydrogen) atoms. The topological polar surface area (TPSA) is 82.2 Å². The van der Waals surface area contributed by atoms with Crippen molar-refractivity contribution < 1.29 is 8.42 Å². The largest absolute Gasteiger partial charge is 0.269 e. The predicted molar refractivity (Wildman–Crippen MR) is 110 cm³/mol. The molecule has 0 aliphatic heterocycles. The van der Waals surface area contributed by atoms with Crippen molar-refractivity contribution in [2.75, 3.05) is 0 Å². The van der Waals surface area contributed by atoms with Crippen molar-refractivity contribution in [3.63, 3.8) is 0 Å². The van der Waals surface area contributed by atoms with E-state index >= 15 is 0 Å². The van der Waals surface area contributed by atoms with Crippen molar-refractivity contribution in [2.45, 2.75) is 11.3 Å². The van der Waals surface area contributed by atoms with Gasteiger partial charge in [-0.2, -0.15) is 14.8 Å². The van der Waals surface area contributed by atoms with Crippen molar-refractivity contribution in [2.24, 2.45) is 0 Å². The molecule has 0 aliphatic carbocycles. The fraction of sp³-hybridized carbons (Fsp3) is 0.0476. The first kappa shape index (κ1) is 17.6. The quantitative estimate of drug-likeness (QED) is 0.460. The van der Waals surface area contributed by atoms with Crippen LogP contribution in [0.25, 0.3) is 27.7 Å². The average Bonchev–Trinajstić information content (AvgIpc) is 3.36. The van der Waals surface area contributed by atoms with Gasteiger partial charge in [0.15, 0.2) is 5.65 Å². The minimum Gasteiger partial charge on any atom is -0.237 e. The van der Waals surface area contributed by atoms with E-state index in [9.17, 15) is 8.42 Å². The zero-order valence-corrected chi connectivity index (χ0v) is 16.1. The molecule has 0 spiro atoms. The van der Waals surface area contributed by atoms with Crippen molar-refractivity contribution in [3.05, 3.63) is 85.8 Å². The Morgan fingerprint density at radius 2 is 1.76 bits per heavy atom. The molecule has 5 aromatic rings. The Labute approximate surface area is 167 Å². The highest BCUT2D eigenvalue weighted by atomic mass is 32.2. The van der Waals surface area contributed by atoms with Crippen LogP contribution in [-0.2, 0) is 16.4 Å². The van der Waals surface area contributed by atoms with E-state index in [1.54, 1.807) is 53.6 Å². The third kappa shape index (κ3) is 2.64. The maximum atomic E-state index is 13.4. The molecule has 5 rings (SSSR count). The molecule has 143 valence electrons. The van der Waals surface area contributed by atoms with Gasteiger partial charge in [0.05, 0.1) is 16.6 Å². The summed E-state index contributed by atoms with van der Waals surface area (Å²) in [5, 5.41) is 9.23. The molecule has 0 unspecified atom stereocenters. The van der Waals surface area contributed by atoms with Gasteiger partial charge >= 0.3 is 0 Å². The standard InChI is InChI=1S/C21H16N5O2S/c1-2-15-13-18-17(19-14-24-26-20(19)9-6-11-23-26)10-12-22-21(18)25(15)29(27,28)16-7-4-3-5-8-16/h3-14H,1-2H2. The number of hydrogen-bond donors (Lipinski definition) is 0. The molecule has 1 radical (unpaired) electrons. The first-order valence-corrected chi connectivity index (χ1v) is 10.4. The van der Waals surface area contributed by atoms with Crippen LogP contribution in [-0.4, -0.2) is 32.2 Å². The molecule has 4 heterocycles. The van der Waals surface area contributed by atoms with Crippen molar-refractivity contribution in [1.29, 1.82) is 0 Å². The van der Waals surface area contributed by atoms with Crippen LogP contribution in [0.3, 0.4) is 0 Å². The lowest BCUT2D eigenvalue weighted by molar-refractivity contribution is 0.587. The summed E-state index contributed by atoms with van der Waals surface area (Å²) in [6.07, 6.45) is 5.30. The lowest BCUT2D eigenvalue weighted by Gasteiger charge is -2.10. The zero-order valence-electron chi connectivity index (χ0n) is 15.3. The van der Waals surface area contributed by atoms with E-state index in [-0.39, 0.29) is 4.90 Å². The van der Waals surface area contributed by atoms with E-state index in [0.29, 0.717) is 17.8 Å². The van der Waals surface area contributed by atoms with Crippen LogP contribution in [0, 0.1) is 6.92 Å². The van der Waals surface area contributed by atoms with Gasteiger partial charge in [-0.1, -0.05) is 18.2 Å². The molecule has 4 aromatic heterocycles. The van der Waals surface area contributed by atoms with Gasteiger partial charge in [0.1, 0.15) is 0 Å². The Morgan fingerprint density at radius 1 is 0.931 bits per heavy atom. The number of aromatic nitrogens is 5. The van der Waals surface area contributed by atoms with Gasteiger partial charge < -0.3 is 0 Å². The van der Waals surface area contributed by atoms with Gasteiger partial charge in [0.2, 0.25) is 0 Å². The summed E-state index contributed by atoms with van der Waals surface area (Å²) in [6, 6.07) is 15.8. The second-order valence-corrected chi connectivity index (χ2v) is 8.31. The Kier molecular flexibility index (Phi) is 3.95. The van der Waals surface area contributed by atoms with E-state index in [2.05, 4.69) is 22.1 Å². The van der Waals surface area contributed by atoms with Crippen LogP contribution < -0.4 is 0 Å². The first-order chi connectivity index (χ1) is 14.1. The maximum Gasteiger partial charge on any atom is 0.269 e. The van der Waals surface area contributed by atoms with Crippen LogP contribution in [0.1, 0.15) is 5.69 Å². The molecule has 8 heteroatoms. The van der Waals surface area contributed by atoms with Crippen LogP contribution >= 0.6 is 0 Å². The molecule has 1 aromatic carbocycles. The van der Waals surface area contributed by atoms with Crippen molar-refractivity contribution >= 4 is 26.6 Å². The van der Waals surface area contributed by atoms with Crippen molar-refractivity contribution in [3.8, 4) is 11.1 Å². The van der Waals surface area contributed by atoms with Gasteiger partial charge in [-0.3, -0.25) is 0 Å². The predicted octanol–water partition coefficient (Wildman–Crippen LogP) is 3.36. The highest BCUT2D eigenvalue weighted by Gasteiger charge is 2.25. The normalized spacial score (nSPS) is 12.0. The van der Waals surface area contributed by atoms with Gasteiger partial charge in [0.25, 0.3) is 10.0 Å². The molecule has 0 atom stereocenters. The van der Waals surface area contributed by atoms with E-state index in [0.717, 1.165) is 22.0 Å². The van der Waals surface area contributed by atoms with E-state index in [1.807, 2.05) is 24.3 Å². The van der Waals surface area contributed by atoms with Crippen LogP contribution in [0.15, 0.2) is 78.1 Å². The first-order valence-electron chi connectivity index (χ1n) is 9.00. The van der Waals surface area contributed by atoms with Gasteiger partial charge in [-0.05, 0) is 55.3 Å². The molecule has 0 N–H and O–H groups in total. The molecule has 7 nitrogen and oxygen atoms in total. The summed E-state index contributed by atoms with van der Waals surface area (Å²) in [5.74, 6) is 0. The van der Waals surface area contributed by atoms with Crippen LogP contribution in [0.2, 0.25) is 0 Å². The smallest absolute Gasteiger partial charge is 0.237 e. The summed E-state index contributed by atoms with van der Waals surface area (Å²) < 4.78 is 29.6. The molecule has 0 saturated carbocycles. The monoisotopic (exact) mass is 402 g/mol. The highest BCUT2D eigenvalue weighted by molar-refractivity contribution is 7.90. The van der Waals surface area contributed by atoms with Gasteiger partial charge in [0, 0.05) is 29.0 Å². The third-order valence-electron chi connectivity index (χ3n) is 4.86. The summed E-state index contributed by atoms with van der Waals surface area (Å²) in [4.78, 5) is 4.61. The van der Waals surface area contributed by atoms with Gasteiger partial charge in [-0.15, -0.1) is 0 Å². The third-order valence-corrected chi connectivity index (χ3v) is 6.62. The molecule has 0 fully saturated rings. The number of fused-ring (bicyclic) bond motifs is 2. The fourth-order valence-corrected chi connectivity index (χ4v) is 5.08. The number of benzene rings is 1. The fourth-order valence-electron chi connectivity index (χ4n) is 3.54. The van der Waals surface area contributed by atoms with Gasteiger partial charge in [-0.25, -0.2) is 17.4 Å². The second kappa shape index (κ2) is 6.52. The zero-order chi connectivity index (χ0) is 20.0. The Bertz CT molecular complexity index is 1450. The Morgan fingerprint density at radius 3 is 2.55 bits per heavy atom.